The minimum atomic E-state index is -0.0503. The van der Waals surface area contributed by atoms with Crippen LogP contribution < -0.4 is 35.0 Å². The first-order chi connectivity index (χ1) is 7.75. The van der Waals surface area contributed by atoms with E-state index in [4.69, 9.17) is 4.42 Å². The normalized spacial score (nSPS) is 10.4. The molecule has 3 aromatic rings. The molecule has 0 bridgehead atoms. The summed E-state index contributed by atoms with van der Waals surface area (Å²) in [7, 11) is 0. The summed E-state index contributed by atoms with van der Waals surface area (Å²) in [5.74, 6) is 0. The molecule has 1 aromatic carbocycles. The van der Waals surface area contributed by atoms with Crippen LogP contribution in [0, 0.1) is 0 Å². The van der Waals surface area contributed by atoms with Gasteiger partial charge < -0.3 is 5.84 Å². The molecule has 3 nitrogen and oxygen atoms in total. The van der Waals surface area contributed by atoms with Gasteiger partial charge in [-0.05, 0) is 30.3 Å². The van der Waals surface area contributed by atoms with Gasteiger partial charge in [-0.15, -0.1) is 0 Å². The smallest absolute Gasteiger partial charge is 1.00 e. The van der Waals surface area contributed by atoms with Gasteiger partial charge in [0.15, 0.2) is 0 Å². The number of fused-ring (bicyclic) bond motifs is 2. The zero-order valence-electron chi connectivity index (χ0n) is 10.1. The molecule has 2 aromatic heterocycles. The Morgan fingerprint density at radius 2 is 2.06 bits per heavy atom. The van der Waals surface area contributed by atoms with E-state index in [9.17, 15) is 4.79 Å². The summed E-state index contributed by atoms with van der Waals surface area (Å²) < 4.78 is 6.41. The molecule has 3 rings (SSSR count). The van der Waals surface area contributed by atoms with Crippen molar-refractivity contribution in [2.75, 3.05) is 0 Å². The second-order valence-electron chi connectivity index (χ2n) is 3.43. The van der Waals surface area contributed by atoms with E-state index in [0.717, 1.165) is 4.47 Å². The van der Waals surface area contributed by atoms with Crippen LogP contribution in [0.25, 0.3) is 22.1 Å². The van der Waals surface area contributed by atoms with Crippen LogP contribution in [0.15, 0.2) is 50.2 Å². The molecular weight excluding hydrogens is 293 g/mol. The van der Waals surface area contributed by atoms with Crippen molar-refractivity contribution in [1.29, 1.82) is 0 Å². The summed E-state index contributed by atoms with van der Waals surface area (Å²) in [6, 6.07) is 8.79. The third-order valence-corrected chi connectivity index (χ3v) is 2.90. The van der Waals surface area contributed by atoms with E-state index >= 15 is 0 Å². The summed E-state index contributed by atoms with van der Waals surface area (Å²) >= 11 is 3.33. The zero-order chi connectivity index (χ0) is 11.1. The number of benzene rings is 1. The van der Waals surface area contributed by atoms with Gasteiger partial charge in [-0.2, -0.15) is 0 Å². The number of nitrogens with zero attached hydrogens (tertiary/aromatic N) is 1. The van der Waals surface area contributed by atoms with Crippen LogP contribution in [0.3, 0.4) is 0 Å². The number of rotatable bonds is 0. The Morgan fingerprint density at radius 1 is 1.24 bits per heavy atom. The molecule has 17 heavy (non-hydrogen) atoms. The van der Waals surface area contributed by atoms with Crippen LogP contribution >= 0.6 is 15.9 Å². The average molecular weight is 300 g/mol. The molecule has 0 unspecified atom stereocenters. The fourth-order valence-corrected chi connectivity index (χ4v) is 2.02. The topological polar surface area (TPSA) is 43.1 Å². The summed E-state index contributed by atoms with van der Waals surface area (Å²) in [4.78, 5) is 16.2. The molecule has 5 heteroatoms. The molecule has 2 heterocycles. The van der Waals surface area contributed by atoms with E-state index in [1.165, 1.54) is 0 Å². The average Bonchev–Trinajstić information content (AvgIpc) is 2.31. The number of hydrogen-bond acceptors (Lipinski definition) is 3. The Hall–Kier alpha value is -0.680. The first kappa shape index (κ1) is 12.8. The Kier molecular flexibility index (Phi) is 3.68. The van der Waals surface area contributed by atoms with Crippen molar-refractivity contribution >= 4 is 38.0 Å². The van der Waals surface area contributed by atoms with Crippen LogP contribution in [0.4, 0.5) is 0 Å². The van der Waals surface area contributed by atoms with Crippen molar-refractivity contribution in [3.8, 4) is 0 Å². The van der Waals surface area contributed by atoms with Gasteiger partial charge in [-0.25, -0.2) is 4.98 Å². The standard InChI is InChI=1S/C12H6BrNO2.Na.H/c13-7-3-4-10-9(6-7)11(15)8-2-1-5-14-12(8)16-10;;/h1-6H;;/q;+1;-1. The van der Waals surface area contributed by atoms with Gasteiger partial charge >= 0.3 is 29.6 Å². The number of hydrogen-bond donors (Lipinski definition) is 0. The van der Waals surface area contributed by atoms with Gasteiger partial charge in [-0.3, -0.25) is 4.79 Å². The Morgan fingerprint density at radius 3 is 2.88 bits per heavy atom. The van der Waals surface area contributed by atoms with E-state index in [2.05, 4.69) is 20.9 Å². The maximum Gasteiger partial charge on any atom is 1.00 e. The van der Waals surface area contributed by atoms with E-state index < -0.39 is 0 Å². The van der Waals surface area contributed by atoms with Crippen LogP contribution in [-0.4, -0.2) is 4.98 Å². The van der Waals surface area contributed by atoms with E-state index in [1.807, 2.05) is 6.07 Å². The van der Waals surface area contributed by atoms with Crippen molar-refractivity contribution in [2.45, 2.75) is 0 Å². The second kappa shape index (κ2) is 4.90. The molecule has 0 fully saturated rings. The minimum Gasteiger partial charge on any atom is -1.00 e. The minimum absolute atomic E-state index is 0. The molecule has 0 saturated heterocycles. The Balaban J connectivity index is 0.000000810. The van der Waals surface area contributed by atoms with Crippen molar-refractivity contribution < 1.29 is 35.4 Å². The Labute approximate surface area is 129 Å². The predicted molar refractivity (Wildman–Crippen MR) is 66.6 cm³/mol. The summed E-state index contributed by atoms with van der Waals surface area (Å²) in [5.41, 5.74) is 0.882. The third kappa shape index (κ3) is 2.18. The number of pyridine rings is 1. The monoisotopic (exact) mass is 299 g/mol. The largest absolute Gasteiger partial charge is 1.00 e. The fourth-order valence-electron chi connectivity index (χ4n) is 1.66. The summed E-state index contributed by atoms with van der Waals surface area (Å²) in [6.45, 7) is 0. The Bertz CT molecular complexity index is 760. The van der Waals surface area contributed by atoms with Crippen molar-refractivity contribution in [2.24, 2.45) is 0 Å². The van der Waals surface area contributed by atoms with Gasteiger partial charge in [0.05, 0.1) is 10.8 Å². The van der Waals surface area contributed by atoms with Crippen LogP contribution in [0.5, 0.6) is 0 Å². The molecule has 0 atom stereocenters. The summed E-state index contributed by atoms with van der Waals surface area (Å²) in [5, 5.41) is 1.07. The van der Waals surface area contributed by atoms with Gasteiger partial charge in [0.2, 0.25) is 11.1 Å². The molecule has 0 aliphatic carbocycles. The molecule has 0 aliphatic rings. The van der Waals surface area contributed by atoms with Crippen molar-refractivity contribution in [1.82, 2.24) is 4.98 Å². The molecule has 80 valence electrons. The van der Waals surface area contributed by atoms with E-state index in [0.29, 0.717) is 22.1 Å². The van der Waals surface area contributed by atoms with Gasteiger partial charge in [0.25, 0.3) is 0 Å². The maximum atomic E-state index is 12.1. The van der Waals surface area contributed by atoms with Crippen molar-refractivity contribution in [3.63, 3.8) is 0 Å². The zero-order valence-corrected chi connectivity index (χ0v) is 12.7. The molecule has 0 radical (unpaired) electrons. The summed E-state index contributed by atoms with van der Waals surface area (Å²) in [6.07, 6.45) is 1.61. The van der Waals surface area contributed by atoms with Gasteiger partial charge in [-0.1, -0.05) is 15.9 Å². The van der Waals surface area contributed by atoms with Gasteiger partial charge in [0.1, 0.15) is 5.58 Å². The predicted octanol–water partition coefficient (Wildman–Crippen LogP) is 0.220. The van der Waals surface area contributed by atoms with E-state index in [1.54, 1.807) is 30.5 Å². The maximum absolute atomic E-state index is 12.1. The van der Waals surface area contributed by atoms with Crippen LogP contribution in [0.1, 0.15) is 1.43 Å². The first-order valence-corrected chi connectivity index (χ1v) is 5.52. The molecular formula is C12H7BrNNaO2. The first-order valence-electron chi connectivity index (χ1n) is 4.73. The number of halogens is 1. The fraction of sp³-hybridized carbons (Fsp3) is 0. The third-order valence-electron chi connectivity index (χ3n) is 2.41. The van der Waals surface area contributed by atoms with Gasteiger partial charge in [0, 0.05) is 10.7 Å². The SMILES string of the molecule is O=c1c2cc(Br)ccc2oc2ncccc12.[H-].[Na+]. The van der Waals surface area contributed by atoms with Crippen LogP contribution in [-0.2, 0) is 0 Å². The van der Waals surface area contributed by atoms with E-state index in [-0.39, 0.29) is 36.4 Å². The molecule has 0 N–H and O–H groups in total. The van der Waals surface area contributed by atoms with Crippen LogP contribution in [0.2, 0.25) is 0 Å². The second-order valence-corrected chi connectivity index (χ2v) is 4.34. The molecule has 0 aliphatic heterocycles. The number of aromatic nitrogens is 1. The molecule has 0 amide bonds. The molecule has 0 saturated carbocycles. The molecule has 0 spiro atoms. The quantitative estimate of drug-likeness (QED) is 0.441. The van der Waals surface area contributed by atoms with Crippen molar-refractivity contribution in [3.05, 3.63) is 51.2 Å².